The van der Waals surface area contributed by atoms with Gasteiger partial charge in [-0.25, -0.2) is 0 Å². The summed E-state index contributed by atoms with van der Waals surface area (Å²) in [5.74, 6) is 0.400. The molecule has 0 radical (unpaired) electrons. The summed E-state index contributed by atoms with van der Waals surface area (Å²) in [4.78, 5) is 24.4. The molecule has 0 saturated heterocycles. The highest BCUT2D eigenvalue weighted by Gasteiger charge is 2.51. The monoisotopic (exact) mass is 299 g/mol. The van der Waals surface area contributed by atoms with Crippen molar-refractivity contribution >= 4 is 29.0 Å². The molecule has 1 rings (SSSR count). The predicted octanol–water partition coefficient (Wildman–Crippen LogP) is 0.966. The lowest BCUT2D eigenvalue weighted by Gasteiger charge is -2.44. The van der Waals surface area contributed by atoms with Gasteiger partial charge in [-0.2, -0.15) is 0 Å². The minimum absolute atomic E-state index is 0.183. The van der Waals surface area contributed by atoms with Gasteiger partial charge in [-0.1, -0.05) is 33.0 Å². The van der Waals surface area contributed by atoms with Crippen molar-refractivity contribution in [1.29, 1.82) is 0 Å². The summed E-state index contributed by atoms with van der Waals surface area (Å²) in [5.41, 5.74) is 4.95. The number of rotatable bonds is 6. The summed E-state index contributed by atoms with van der Waals surface area (Å²) < 4.78 is 0. The van der Waals surface area contributed by atoms with Crippen molar-refractivity contribution in [3.8, 4) is 0 Å². The van der Waals surface area contributed by atoms with E-state index < -0.39 is 11.5 Å². The maximum atomic E-state index is 12.3. The molecule has 2 amide bonds. The van der Waals surface area contributed by atoms with Gasteiger partial charge in [0.2, 0.25) is 11.8 Å². The van der Waals surface area contributed by atoms with Gasteiger partial charge in [0, 0.05) is 6.54 Å². The van der Waals surface area contributed by atoms with Crippen LogP contribution < -0.4 is 16.4 Å². The first kappa shape index (κ1) is 16.9. The second-order valence-corrected chi connectivity index (χ2v) is 6.73. The first-order valence-electron chi connectivity index (χ1n) is 7.07. The summed E-state index contributed by atoms with van der Waals surface area (Å²) in [6.45, 7) is 8.35. The molecule has 20 heavy (non-hydrogen) atoms. The molecular formula is C14H25N3O2S. The number of nitrogens with one attached hydrogen (secondary N) is 2. The topological polar surface area (TPSA) is 84.2 Å². The number of carbonyl (C=O) groups is 2. The molecule has 0 aromatic carbocycles. The molecule has 4 N–H and O–H groups in total. The van der Waals surface area contributed by atoms with Gasteiger partial charge in [0.05, 0.1) is 10.4 Å². The van der Waals surface area contributed by atoms with Gasteiger partial charge >= 0.3 is 0 Å². The van der Waals surface area contributed by atoms with E-state index in [9.17, 15) is 9.59 Å². The van der Waals surface area contributed by atoms with Crippen LogP contribution in [0.2, 0.25) is 0 Å². The SMILES string of the molecule is CC(C)CNC(=O)C(C)NC(=O)C1(C(N)=S)CC(C)C1. The van der Waals surface area contributed by atoms with E-state index in [0.717, 1.165) is 0 Å². The number of hydrogen-bond donors (Lipinski definition) is 3. The van der Waals surface area contributed by atoms with Gasteiger partial charge in [-0.15, -0.1) is 0 Å². The minimum atomic E-state index is -0.763. The second-order valence-electron chi connectivity index (χ2n) is 6.29. The molecule has 0 aromatic rings. The molecule has 1 aliphatic carbocycles. The Bertz CT molecular complexity index is 403. The van der Waals surface area contributed by atoms with Gasteiger partial charge in [-0.05, 0) is 31.6 Å². The zero-order valence-corrected chi connectivity index (χ0v) is 13.5. The average molecular weight is 299 g/mol. The fourth-order valence-corrected chi connectivity index (χ4v) is 2.75. The van der Waals surface area contributed by atoms with Crippen LogP contribution in [0, 0.1) is 17.3 Å². The standard InChI is InChI=1S/C14H25N3O2S/c1-8(2)7-16-11(18)10(4)17-13(19)14(12(15)20)5-9(3)6-14/h8-10H,5-7H2,1-4H3,(H2,15,20)(H,16,18)(H,17,19). The Morgan fingerprint density at radius 1 is 1.35 bits per heavy atom. The highest BCUT2D eigenvalue weighted by molar-refractivity contribution is 7.80. The zero-order valence-electron chi connectivity index (χ0n) is 12.7. The van der Waals surface area contributed by atoms with Crippen LogP contribution in [0.5, 0.6) is 0 Å². The van der Waals surface area contributed by atoms with Crippen molar-refractivity contribution in [2.75, 3.05) is 6.54 Å². The van der Waals surface area contributed by atoms with Crippen molar-refractivity contribution in [3.63, 3.8) is 0 Å². The Morgan fingerprint density at radius 2 is 1.90 bits per heavy atom. The molecule has 1 fully saturated rings. The van der Waals surface area contributed by atoms with Gasteiger partial charge in [-0.3, -0.25) is 9.59 Å². The molecule has 0 aliphatic heterocycles. The Kier molecular flexibility index (Phi) is 5.50. The van der Waals surface area contributed by atoms with Crippen LogP contribution in [0.4, 0.5) is 0 Å². The number of thiocarbonyl (C=S) groups is 1. The Labute approximate surface area is 126 Å². The molecule has 1 saturated carbocycles. The lowest BCUT2D eigenvalue weighted by molar-refractivity contribution is -0.136. The lowest BCUT2D eigenvalue weighted by Crippen LogP contribution is -2.59. The van der Waals surface area contributed by atoms with E-state index in [2.05, 4.69) is 17.6 Å². The third kappa shape index (κ3) is 3.69. The molecule has 1 atom stereocenters. The smallest absolute Gasteiger partial charge is 0.242 e. The fraction of sp³-hybridized carbons (Fsp3) is 0.786. The quantitative estimate of drug-likeness (QED) is 0.638. The van der Waals surface area contributed by atoms with E-state index >= 15 is 0 Å². The van der Waals surface area contributed by atoms with Crippen molar-refractivity contribution in [3.05, 3.63) is 0 Å². The largest absolute Gasteiger partial charge is 0.392 e. The average Bonchev–Trinajstić information content (AvgIpc) is 2.30. The first-order chi connectivity index (χ1) is 9.19. The summed E-state index contributed by atoms with van der Waals surface area (Å²) in [6.07, 6.45) is 1.32. The van der Waals surface area contributed by atoms with Crippen LogP contribution in [0.15, 0.2) is 0 Å². The maximum Gasteiger partial charge on any atom is 0.242 e. The number of hydrogen-bond acceptors (Lipinski definition) is 3. The van der Waals surface area contributed by atoms with E-state index in [0.29, 0.717) is 31.2 Å². The molecule has 0 spiro atoms. The van der Waals surface area contributed by atoms with Crippen LogP contribution in [-0.4, -0.2) is 29.4 Å². The summed E-state index contributed by atoms with van der Waals surface area (Å²) >= 11 is 5.03. The molecule has 1 unspecified atom stereocenters. The van der Waals surface area contributed by atoms with Gasteiger partial charge < -0.3 is 16.4 Å². The van der Waals surface area contributed by atoms with Crippen LogP contribution >= 0.6 is 12.2 Å². The Hall–Kier alpha value is -1.17. The Balaban J connectivity index is 2.56. The van der Waals surface area contributed by atoms with Gasteiger partial charge in [0.25, 0.3) is 0 Å². The number of nitrogens with two attached hydrogens (primary N) is 1. The number of amides is 2. The predicted molar refractivity (Wildman–Crippen MR) is 83.1 cm³/mol. The summed E-state index contributed by atoms with van der Waals surface area (Å²) in [5, 5.41) is 5.52. The van der Waals surface area contributed by atoms with E-state index in [4.69, 9.17) is 18.0 Å². The maximum absolute atomic E-state index is 12.3. The minimum Gasteiger partial charge on any atom is -0.392 e. The lowest BCUT2D eigenvalue weighted by atomic mass is 9.62. The molecular weight excluding hydrogens is 274 g/mol. The van der Waals surface area contributed by atoms with E-state index in [1.54, 1.807) is 6.92 Å². The van der Waals surface area contributed by atoms with E-state index in [1.165, 1.54) is 0 Å². The fourth-order valence-electron chi connectivity index (χ4n) is 2.49. The summed E-state index contributed by atoms with van der Waals surface area (Å²) in [7, 11) is 0. The molecule has 0 aromatic heterocycles. The van der Waals surface area contributed by atoms with Crippen LogP contribution in [-0.2, 0) is 9.59 Å². The second kappa shape index (κ2) is 6.52. The van der Waals surface area contributed by atoms with Crippen molar-refractivity contribution in [2.24, 2.45) is 23.0 Å². The highest BCUT2D eigenvalue weighted by atomic mass is 32.1. The van der Waals surface area contributed by atoms with Crippen molar-refractivity contribution in [2.45, 2.75) is 46.6 Å². The van der Waals surface area contributed by atoms with E-state index in [1.807, 2.05) is 13.8 Å². The Morgan fingerprint density at radius 3 is 2.30 bits per heavy atom. The molecule has 1 aliphatic rings. The van der Waals surface area contributed by atoms with Crippen molar-refractivity contribution < 1.29 is 9.59 Å². The van der Waals surface area contributed by atoms with Gasteiger partial charge in [0.15, 0.2) is 0 Å². The van der Waals surface area contributed by atoms with Gasteiger partial charge in [0.1, 0.15) is 6.04 Å². The molecule has 0 heterocycles. The molecule has 114 valence electrons. The zero-order chi connectivity index (χ0) is 15.5. The highest BCUT2D eigenvalue weighted by Crippen LogP contribution is 2.46. The number of carbonyl (C=O) groups excluding carboxylic acids is 2. The first-order valence-corrected chi connectivity index (χ1v) is 7.48. The van der Waals surface area contributed by atoms with Crippen LogP contribution in [0.1, 0.15) is 40.5 Å². The molecule has 6 heteroatoms. The molecule has 5 nitrogen and oxygen atoms in total. The third-order valence-corrected chi connectivity index (χ3v) is 4.12. The normalized spacial score (nSPS) is 26.6. The third-order valence-electron chi connectivity index (χ3n) is 3.73. The van der Waals surface area contributed by atoms with E-state index in [-0.39, 0.29) is 16.8 Å². The van der Waals surface area contributed by atoms with Crippen LogP contribution in [0.3, 0.4) is 0 Å². The van der Waals surface area contributed by atoms with Crippen LogP contribution in [0.25, 0.3) is 0 Å². The van der Waals surface area contributed by atoms with Crippen molar-refractivity contribution in [1.82, 2.24) is 10.6 Å². The summed E-state index contributed by atoms with van der Waals surface area (Å²) in [6, 6.07) is -0.580. The molecule has 0 bridgehead atoms.